The van der Waals surface area contributed by atoms with Gasteiger partial charge in [-0.25, -0.2) is 4.98 Å². The molecule has 0 unspecified atom stereocenters. The highest BCUT2D eigenvalue weighted by Crippen LogP contribution is 2.31. The number of fused-ring (bicyclic) bond motifs is 1. The van der Waals surface area contributed by atoms with Gasteiger partial charge in [-0.2, -0.15) is 0 Å². The number of thiazole rings is 1. The number of carboxylic acid groups (broad SMARTS) is 1. The van der Waals surface area contributed by atoms with Gasteiger partial charge >= 0.3 is 5.97 Å². The van der Waals surface area contributed by atoms with Crippen LogP contribution in [0.1, 0.15) is 18.1 Å². The molecule has 2 aromatic carbocycles. The topological polar surface area (TPSA) is 65.9 Å². The molecule has 6 nitrogen and oxygen atoms in total. The third kappa shape index (κ3) is 5.29. The molecule has 31 heavy (non-hydrogen) atoms. The van der Waals surface area contributed by atoms with E-state index in [0.29, 0.717) is 12.6 Å². The van der Waals surface area contributed by atoms with Crippen molar-refractivity contribution < 1.29 is 14.6 Å². The second-order valence-corrected chi connectivity index (χ2v) is 9.40. The summed E-state index contributed by atoms with van der Waals surface area (Å²) in [6.07, 6.45) is 0.00755. The second-order valence-electron chi connectivity index (χ2n) is 7.96. The van der Waals surface area contributed by atoms with Gasteiger partial charge in [0.05, 0.1) is 16.6 Å². The van der Waals surface area contributed by atoms with E-state index in [1.54, 1.807) is 11.3 Å². The number of piperazine rings is 1. The third-order valence-corrected chi connectivity index (χ3v) is 6.93. The Morgan fingerprint density at radius 2 is 2.13 bits per heavy atom. The molecular formula is C23H26ClN3O3S. The molecule has 2 heterocycles. The Hall–Kier alpha value is -2.35. The summed E-state index contributed by atoms with van der Waals surface area (Å²) in [4.78, 5) is 20.5. The zero-order valence-corrected chi connectivity index (χ0v) is 19.2. The van der Waals surface area contributed by atoms with Gasteiger partial charge in [0, 0.05) is 37.2 Å². The van der Waals surface area contributed by atoms with Crippen molar-refractivity contribution in [3.63, 3.8) is 0 Å². The lowest BCUT2D eigenvalue weighted by atomic mass is 10.1. The zero-order valence-electron chi connectivity index (χ0n) is 17.7. The van der Waals surface area contributed by atoms with Crippen LogP contribution < -0.4 is 9.64 Å². The summed E-state index contributed by atoms with van der Waals surface area (Å²) in [7, 11) is 0. The number of nitrogens with zero attached hydrogens (tertiary/aromatic N) is 3. The molecule has 0 spiro atoms. The van der Waals surface area contributed by atoms with Crippen molar-refractivity contribution in [2.45, 2.75) is 26.3 Å². The predicted molar refractivity (Wildman–Crippen MR) is 126 cm³/mol. The van der Waals surface area contributed by atoms with Crippen molar-refractivity contribution in [3.8, 4) is 5.75 Å². The van der Waals surface area contributed by atoms with E-state index in [1.807, 2.05) is 43.3 Å². The maximum absolute atomic E-state index is 11.0. The molecule has 3 aromatic rings. The average Bonchev–Trinajstić information content (AvgIpc) is 3.14. The van der Waals surface area contributed by atoms with E-state index < -0.39 is 5.97 Å². The fraction of sp³-hybridized carbons (Fsp3) is 0.391. The minimum Gasteiger partial charge on any atom is -0.492 e. The summed E-state index contributed by atoms with van der Waals surface area (Å²) in [6, 6.07) is 11.8. The smallest absolute Gasteiger partial charge is 0.307 e. The van der Waals surface area contributed by atoms with Crippen LogP contribution in [0.2, 0.25) is 5.02 Å². The Labute approximate surface area is 191 Å². The number of anilines is 1. The number of ether oxygens (including phenoxy) is 1. The molecule has 0 aliphatic carbocycles. The van der Waals surface area contributed by atoms with Gasteiger partial charge in [0.1, 0.15) is 12.4 Å². The summed E-state index contributed by atoms with van der Waals surface area (Å²) in [6.45, 7) is 8.39. The quantitative estimate of drug-likeness (QED) is 0.562. The monoisotopic (exact) mass is 459 g/mol. The van der Waals surface area contributed by atoms with Crippen LogP contribution in [0.15, 0.2) is 36.4 Å². The number of halogens is 1. The largest absolute Gasteiger partial charge is 0.492 e. The van der Waals surface area contributed by atoms with E-state index in [-0.39, 0.29) is 6.42 Å². The fourth-order valence-electron chi connectivity index (χ4n) is 3.88. The van der Waals surface area contributed by atoms with Crippen molar-refractivity contribution in [2.75, 3.05) is 37.7 Å². The molecule has 1 N–H and O–H groups in total. The van der Waals surface area contributed by atoms with Gasteiger partial charge in [0.2, 0.25) is 0 Å². The lowest BCUT2D eigenvalue weighted by Gasteiger charge is -2.39. The highest BCUT2D eigenvalue weighted by atomic mass is 35.5. The summed E-state index contributed by atoms with van der Waals surface area (Å²) in [5.41, 5.74) is 2.77. The molecule has 0 amide bonds. The van der Waals surface area contributed by atoms with E-state index >= 15 is 0 Å². The number of carboxylic acids is 1. The molecule has 1 saturated heterocycles. The fourth-order valence-corrected chi connectivity index (χ4v) is 5.16. The Kier molecular flexibility index (Phi) is 6.65. The Balaban J connectivity index is 1.32. The highest BCUT2D eigenvalue weighted by Gasteiger charge is 2.25. The first-order chi connectivity index (χ1) is 14.9. The summed E-state index contributed by atoms with van der Waals surface area (Å²) in [5, 5.41) is 10.8. The van der Waals surface area contributed by atoms with Gasteiger partial charge in [-0.15, -0.1) is 0 Å². The standard InChI is InChI=1S/C23H26ClN3O3S/c1-15-3-4-17(12-22(28)29)11-20(15)30-10-9-26-7-8-27(14-16(26)2)23-25-19-6-5-18(24)13-21(19)31-23/h3-6,11,13,16H,7-10,12,14H2,1-2H3,(H,28,29)/t16-/m0/s1. The lowest BCUT2D eigenvalue weighted by molar-refractivity contribution is -0.136. The lowest BCUT2D eigenvalue weighted by Crippen LogP contribution is -2.52. The van der Waals surface area contributed by atoms with Crippen LogP contribution in [0.5, 0.6) is 5.75 Å². The van der Waals surface area contributed by atoms with Crippen molar-refractivity contribution in [2.24, 2.45) is 0 Å². The normalized spacial score (nSPS) is 17.3. The zero-order chi connectivity index (χ0) is 22.0. The van der Waals surface area contributed by atoms with Crippen LogP contribution in [-0.2, 0) is 11.2 Å². The molecule has 164 valence electrons. The van der Waals surface area contributed by atoms with Gasteiger partial charge in [0.15, 0.2) is 5.13 Å². The van der Waals surface area contributed by atoms with Crippen LogP contribution in [0.4, 0.5) is 5.13 Å². The molecule has 1 aliphatic heterocycles. The van der Waals surface area contributed by atoms with Crippen LogP contribution in [0.3, 0.4) is 0 Å². The maximum Gasteiger partial charge on any atom is 0.307 e. The highest BCUT2D eigenvalue weighted by molar-refractivity contribution is 7.22. The Bertz CT molecular complexity index is 1090. The molecule has 0 bridgehead atoms. The molecule has 1 fully saturated rings. The third-order valence-electron chi connectivity index (χ3n) is 5.62. The Morgan fingerprint density at radius 3 is 2.90 bits per heavy atom. The van der Waals surface area contributed by atoms with Gasteiger partial charge < -0.3 is 14.7 Å². The number of hydrogen-bond donors (Lipinski definition) is 1. The summed E-state index contributed by atoms with van der Waals surface area (Å²) < 4.78 is 7.12. The van der Waals surface area contributed by atoms with Crippen LogP contribution in [0, 0.1) is 6.92 Å². The number of carbonyl (C=O) groups is 1. The van der Waals surface area contributed by atoms with E-state index in [2.05, 4.69) is 16.7 Å². The van der Waals surface area contributed by atoms with Gasteiger partial charge in [0.25, 0.3) is 0 Å². The van der Waals surface area contributed by atoms with Crippen molar-refractivity contribution in [1.29, 1.82) is 0 Å². The van der Waals surface area contributed by atoms with Gasteiger partial charge in [-0.1, -0.05) is 35.1 Å². The van der Waals surface area contributed by atoms with Crippen molar-refractivity contribution >= 4 is 44.3 Å². The first-order valence-corrected chi connectivity index (χ1v) is 11.6. The number of aryl methyl sites for hydroxylation is 1. The first kappa shape index (κ1) is 21.9. The summed E-state index contributed by atoms with van der Waals surface area (Å²) >= 11 is 7.80. The molecule has 1 aromatic heterocycles. The molecule has 0 saturated carbocycles. The number of aromatic nitrogens is 1. The van der Waals surface area contributed by atoms with E-state index in [9.17, 15) is 4.79 Å². The number of hydrogen-bond acceptors (Lipinski definition) is 6. The first-order valence-electron chi connectivity index (χ1n) is 10.4. The maximum atomic E-state index is 11.0. The van der Waals surface area contributed by atoms with E-state index in [0.717, 1.165) is 63.4 Å². The van der Waals surface area contributed by atoms with Gasteiger partial charge in [-0.3, -0.25) is 9.69 Å². The number of aliphatic carboxylic acids is 1. The summed E-state index contributed by atoms with van der Waals surface area (Å²) in [5.74, 6) is -0.0732. The molecule has 0 radical (unpaired) electrons. The molecule has 4 rings (SSSR count). The molecule has 8 heteroatoms. The van der Waals surface area contributed by atoms with Gasteiger partial charge in [-0.05, 0) is 49.2 Å². The Morgan fingerprint density at radius 1 is 1.29 bits per heavy atom. The number of benzene rings is 2. The molecule has 1 aliphatic rings. The predicted octanol–water partition coefficient (Wildman–Crippen LogP) is 4.47. The average molecular weight is 460 g/mol. The minimum atomic E-state index is -0.835. The second kappa shape index (κ2) is 9.42. The minimum absolute atomic E-state index is 0.00755. The van der Waals surface area contributed by atoms with Crippen molar-refractivity contribution in [1.82, 2.24) is 9.88 Å². The van der Waals surface area contributed by atoms with E-state index in [4.69, 9.17) is 26.4 Å². The molecular weight excluding hydrogens is 434 g/mol. The molecule has 1 atom stereocenters. The number of rotatable bonds is 7. The van der Waals surface area contributed by atoms with Crippen LogP contribution in [0.25, 0.3) is 10.2 Å². The van der Waals surface area contributed by atoms with E-state index in [1.165, 1.54) is 0 Å². The van der Waals surface area contributed by atoms with Crippen molar-refractivity contribution in [3.05, 3.63) is 52.5 Å². The SMILES string of the molecule is Cc1ccc(CC(=O)O)cc1OCCN1CCN(c2nc3ccc(Cl)cc3s2)C[C@@H]1C. The van der Waals surface area contributed by atoms with Crippen LogP contribution >= 0.6 is 22.9 Å². The van der Waals surface area contributed by atoms with Crippen LogP contribution in [-0.4, -0.2) is 59.8 Å².